The third kappa shape index (κ3) is 3.82. The van der Waals surface area contributed by atoms with Gasteiger partial charge >= 0.3 is 0 Å². The number of β-amino-alcohol motifs (C(OH)–C–C–N with tert-alkyl or cyclic N) is 1. The number of hydrogen-bond donors (Lipinski definition) is 1. The van der Waals surface area contributed by atoms with Gasteiger partial charge in [-0.2, -0.15) is 0 Å². The van der Waals surface area contributed by atoms with Crippen molar-refractivity contribution in [3.63, 3.8) is 0 Å². The molecule has 0 saturated carbocycles. The quantitative estimate of drug-likeness (QED) is 0.918. The Morgan fingerprint density at radius 3 is 2.96 bits per heavy atom. The Morgan fingerprint density at radius 1 is 1.52 bits per heavy atom. The SMILES string of the molecule is CCc1cc(C(=O)N2CC[C@H](Oc3cccc(F)c3)[C@@](C)(O)C2)on1. The average Bonchev–Trinajstić information content (AvgIpc) is 3.05. The number of aliphatic hydroxyl groups is 1. The van der Waals surface area contributed by atoms with Gasteiger partial charge in [0, 0.05) is 25.1 Å². The summed E-state index contributed by atoms with van der Waals surface area (Å²) in [5, 5.41) is 14.5. The lowest BCUT2D eigenvalue weighted by Crippen LogP contribution is -2.58. The second-order valence-corrected chi connectivity index (χ2v) is 6.47. The highest BCUT2D eigenvalue weighted by atomic mass is 19.1. The largest absolute Gasteiger partial charge is 0.487 e. The van der Waals surface area contributed by atoms with E-state index in [0.717, 1.165) is 0 Å². The van der Waals surface area contributed by atoms with Crippen LogP contribution < -0.4 is 4.74 Å². The molecule has 1 N–H and O–H groups in total. The van der Waals surface area contributed by atoms with Gasteiger partial charge < -0.3 is 19.3 Å². The van der Waals surface area contributed by atoms with Crippen LogP contribution in [0.3, 0.4) is 0 Å². The number of piperidine rings is 1. The molecule has 1 aromatic heterocycles. The molecule has 0 unspecified atom stereocenters. The molecule has 0 aliphatic carbocycles. The van der Waals surface area contributed by atoms with Crippen LogP contribution in [0, 0.1) is 5.82 Å². The Labute approximate surface area is 145 Å². The van der Waals surface area contributed by atoms with Gasteiger partial charge in [-0.3, -0.25) is 4.79 Å². The minimum Gasteiger partial charge on any atom is -0.487 e. The van der Waals surface area contributed by atoms with Crippen molar-refractivity contribution in [2.75, 3.05) is 13.1 Å². The number of likely N-dealkylation sites (tertiary alicyclic amines) is 1. The molecule has 2 atom stereocenters. The number of carbonyl (C=O) groups excluding carboxylic acids is 1. The number of benzene rings is 1. The van der Waals surface area contributed by atoms with Crippen LogP contribution in [0.2, 0.25) is 0 Å². The van der Waals surface area contributed by atoms with Crippen LogP contribution in [0.25, 0.3) is 0 Å². The lowest BCUT2D eigenvalue weighted by atomic mass is 9.91. The summed E-state index contributed by atoms with van der Waals surface area (Å²) < 4.78 is 24.1. The van der Waals surface area contributed by atoms with Crippen LogP contribution in [-0.2, 0) is 6.42 Å². The summed E-state index contributed by atoms with van der Waals surface area (Å²) in [6, 6.07) is 7.40. The van der Waals surface area contributed by atoms with Crippen LogP contribution in [0.15, 0.2) is 34.9 Å². The van der Waals surface area contributed by atoms with E-state index < -0.39 is 17.5 Å². The molecule has 6 nitrogen and oxygen atoms in total. The van der Waals surface area contributed by atoms with Gasteiger partial charge in [0.05, 0.1) is 12.2 Å². The van der Waals surface area contributed by atoms with Gasteiger partial charge in [-0.15, -0.1) is 0 Å². The first kappa shape index (κ1) is 17.4. The number of halogens is 1. The molecule has 1 amide bonds. The fourth-order valence-electron chi connectivity index (χ4n) is 2.95. The average molecular weight is 348 g/mol. The molecule has 1 fully saturated rings. The maximum absolute atomic E-state index is 13.3. The minimum atomic E-state index is -1.27. The molecule has 1 aliphatic heterocycles. The Bertz CT molecular complexity index is 759. The first-order valence-electron chi connectivity index (χ1n) is 8.28. The van der Waals surface area contributed by atoms with Crippen molar-refractivity contribution >= 4 is 5.91 Å². The summed E-state index contributed by atoms with van der Waals surface area (Å²) in [6.45, 7) is 4.02. The molecule has 0 bridgehead atoms. The van der Waals surface area contributed by atoms with Crippen molar-refractivity contribution in [3.05, 3.63) is 47.6 Å². The van der Waals surface area contributed by atoms with Crippen molar-refractivity contribution in [1.82, 2.24) is 10.1 Å². The van der Waals surface area contributed by atoms with Crippen molar-refractivity contribution in [2.24, 2.45) is 0 Å². The highest BCUT2D eigenvalue weighted by molar-refractivity contribution is 5.91. The van der Waals surface area contributed by atoms with Crippen molar-refractivity contribution in [2.45, 2.75) is 38.4 Å². The Balaban J connectivity index is 1.68. The second-order valence-electron chi connectivity index (χ2n) is 6.47. The molecule has 7 heteroatoms. The monoisotopic (exact) mass is 348 g/mol. The lowest BCUT2D eigenvalue weighted by molar-refractivity contribution is -0.0904. The molecule has 2 heterocycles. The number of rotatable bonds is 4. The third-order valence-corrected chi connectivity index (χ3v) is 4.36. The molecule has 1 aromatic carbocycles. The van der Waals surface area contributed by atoms with Crippen LogP contribution in [0.5, 0.6) is 5.75 Å². The van der Waals surface area contributed by atoms with E-state index in [-0.39, 0.29) is 18.2 Å². The van der Waals surface area contributed by atoms with Gasteiger partial charge in [0.2, 0.25) is 5.76 Å². The van der Waals surface area contributed by atoms with Gasteiger partial charge in [-0.1, -0.05) is 18.1 Å². The van der Waals surface area contributed by atoms with E-state index in [0.29, 0.717) is 30.8 Å². The molecule has 0 spiro atoms. The zero-order valence-electron chi connectivity index (χ0n) is 14.2. The molecule has 2 aromatic rings. The Kier molecular flexibility index (Phi) is 4.76. The molecule has 1 saturated heterocycles. The second kappa shape index (κ2) is 6.84. The lowest BCUT2D eigenvalue weighted by Gasteiger charge is -2.42. The topological polar surface area (TPSA) is 75.8 Å². The fraction of sp³-hybridized carbons (Fsp3) is 0.444. The van der Waals surface area contributed by atoms with E-state index >= 15 is 0 Å². The standard InChI is InChI=1S/C18H21FN2O4/c1-3-13-10-15(25-20-13)17(22)21-8-7-16(18(2,23)11-21)24-14-6-4-5-12(19)9-14/h4-6,9-10,16,23H,3,7-8,11H2,1-2H3/t16-,18-/m0/s1. The number of carbonyl (C=O) groups is 1. The number of amides is 1. The molecular formula is C18H21FN2O4. The summed E-state index contributed by atoms with van der Waals surface area (Å²) in [4.78, 5) is 14.0. The number of ether oxygens (including phenoxy) is 1. The molecule has 0 radical (unpaired) electrons. The maximum Gasteiger partial charge on any atom is 0.292 e. The maximum atomic E-state index is 13.3. The van der Waals surface area contributed by atoms with E-state index in [4.69, 9.17) is 9.26 Å². The van der Waals surface area contributed by atoms with E-state index in [9.17, 15) is 14.3 Å². The van der Waals surface area contributed by atoms with Gasteiger partial charge in [0.1, 0.15) is 23.3 Å². The first-order chi connectivity index (χ1) is 11.9. The smallest absolute Gasteiger partial charge is 0.292 e. The summed E-state index contributed by atoms with van der Waals surface area (Å²) in [6.07, 6.45) is 0.557. The van der Waals surface area contributed by atoms with Crippen molar-refractivity contribution in [3.8, 4) is 5.75 Å². The van der Waals surface area contributed by atoms with Crippen LogP contribution in [0.4, 0.5) is 4.39 Å². The van der Waals surface area contributed by atoms with Gasteiger partial charge in [0.15, 0.2) is 0 Å². The van der Waals surface area contributed by atoms with E-state index in [1.807, 2.05) is 6.92 Å². The van der Waals surface area contributed by atoms with Gasteiger partial charge in [0.25, 0.3) is 5.91 Å². The highest BCUT2D eigenvalue weighted by Crippen LogP contribution is 2.27. The Hall–Kier alpha value is -2.41. The molecule has 3 rings (SSSR count). The summed E-state index contributed by atoms with van der Waals surface area (Å²) >= 11 is 0. The summed E-state index contributed by atoms with van der Waals surface area (Å²) in [5.74, 6) is -0.191. The number of nitrogens with zero attached hydrogens (tertiary/aromatic N) is 2. The normalized spacial score (nSPS) is 23.5. The van der Waals surface area contributed by atoms with E-state index in [1.165, 1.54) is 17.0 Å². The number of aromatic nitrogens is 1. The predicted octanol–water partition coefficient (Wildman–Crippen LogP) is 2.42. The number of hydrogen-bond acceptors (Lipinski definition) is 5. The van der Waals surface area contributed by atoms with Crippen LogP contribution >= 0.6 is 0 Å². The molecule has 1 aliphatic rings. The highest BCUT2D eigenvalue weighted by Gasteiger charge is 2.42. The van der Waals surface area contributed by atoms with Gasteiger partial charge in [-0.25, -0.2) is 4.39 Å². The summed E-state index contributed by atoms with van der Waals surface area (Å²) in [7, 11) is 0. The zero-order chi connectivity index (χ0) is 18.0. The van der Waals surface area contributed by atoms with Crippen LogP contribution in [0.1, 0.15) is 36.5 Å². The van der Waals surface area contributed by atoms with Crippen molar-refractivity contribution in [1.29, 1.82) is 0 Å². The minimum absolute atomic E-state index is 0.0912. The van der Waals surface area contributed by atoms with Gasteiger partial charge in [-0.05, 0) is 25.5 Å². The molecule has 134 valence electrons. The van der Waals surface area contributed by atoms with Crippen molar-refractivity contribution < 1.29 is 23.6 Å². The predicted molar refractivity (Wildman–Crippen MR) is 87.8 cm³/mol. The first-order valence-corrected chi connectivity index (χ1v) is 8.28. The Morgan fingerprint density at radius 2 is 2.32 bits per heavy atom. The molecular weight excluding hydrogens is 327 g/mol. The van der Waals surface area contributed by atoms with E-state index in [2.05, 4.69) is 5.16 Å². The van der Waals surface area contributed by atoms with E-state index in [1.54, 1.807) is 25.1 Å². The van der Waals surface area contributed by atoms with Crippen LogP contribution in [-0.4, -0.2) is 45.9 Å². The number of aryl methyl sites for hydroxylation is 1. The third-order valence-electron chi connectivity index (χ3n) is 4.36. The zero-order valence-corrected chi connectivity index (χ0v) is 14.2. The fourth-order valence-corrected chi connectivity index (χ4v) is 2.95. The summed E-state index contributed by atoms with van der Waals surface area (Å²) in [5.41, 5.74) is -0.562. The molecule has 25 heavy (non-hydrogen) atoms.